The summed E-state index contributed by atoms with van der Waals surface area (Å²) in [6, 6.07) is 12.2. The van der Waals surface area contributed by atoms with Crippen LogP contribution in [0, 0.1) is 11.8 Å². The van der Waals surface area contributed by atoms with Crippen LogP contribution in [0.25, 0.3) is 0 Å². The van der Waals surface area contributed by atoms with Gasteiger partial charge in [-0.15, -0.1) is 0 Å². The number of ether oxygens (including phenoxy) is 1. The molecule has 5 unspecified atom stereocenters. The van der Waals surface area contributed by atoms with Crippen LogP contribution in [-0.2, 0) is 4.79 Å². The number of hydrogen-bond acceptors (Lipinski definition) is 4. The summed E-state index contributed by atoms with van der Waals surface area (Å²) < 4.78 is 11.7. The van der Waals surface area contributed by atoms with Gasteiger partial charge in [-0.2, -0.15) is 0 Å². The lowest BCUT2D eigenvalue weighted by molar-refractivity contribution is -0.136. The second-order valence-electron chi connectivity index (χ2n) is 8.50. The van der Waals surface area contributed by atoms with Crippen LogP contribution in [0.5, 0.6) is 5.75 Å². The molecule has 0 bridgehead atoms. The number of methoxy groups -OCH3 is 1. The summed E-state index contributed by atoms with van der Waals surface area (Å²) in [6.45, 7) is 4.58. The smallest absolute Gasteiger partial charge is 0.227 e. The van der Waals surface area contributed by atoms with Gasteiger partial charge < -0.3 is 19.4 Å². The summed E-state index contributed by atoms with van der Waals surface area (Å²) in [5.41, 5.74) is 1.07. The van der Waals surface area contributed by atoms with Crippen molar-refractivity contribution in [1.82, 2.24) is 10.2 Å². The second kappa shape index (κ2) is 6.96. The molecular formula is C23H28N2O3. The third-order valence-corrected chi connectivity index (χ3v) is 6.62. The summed E-state index contributed by atoms with van der Waals surface area (Å²) >= 11 is 0. The first-order chi connectivity index (χ1) is 13.7. The normalized spacial score (nSPS) is 31.5. The number of hydrogen-bond donors (Lipinski definition) is 1. The Labute approximate surface area is 166 Å². The molecule has 2 aliphatic carbocycles. The highest BCUT2D eigenvalue weighted by atomic mass is 16.5. The molecule has 1 aliphatic heterocycles. The summed E-state index contributed by atoms with van der Waals surface area (Å²) in [5.74, 6) is 4.80. The van der Waals surface area contributed by atoms with Crippen molar-refractivity contribution in [2.24, 2.45) is 11.8 Å². The number of nitrogens with zero attached hydrogens (tertiary/aromatic N) is 1. The average molecular weight is 380 g/mol. The number of para-hydroxylation sites is 1. The van der Waals surface area contributed by atoms with Gasteiger partial charge in [0.2, 0.25) is 5.91 Å². The van der Waals surface area contributed by atoms with Gasteiger partial charge >= 0.3 is 0 Å². The lowest BCUT2D eigenvalue weighted by Crippen LogP contribution is -2.49. The van der Waals surface area contributed by atoms with E-state index in [1.54, 1.807) is 7.11 Å². The Morgan fingerprint density at radius 3 is 2.64 bits per heavy atom. The number of carbonyl (C=O) groups excluding carboxylic acids is 1. The van der Waals surface area contributed by atoms with Gasteiger partial charge in [0.1, 0.15) is 17.3 Å². The van der Waals surface area contributed by atoms with Gasteiger partial charge in [-0.05, 0) is 37.0 Å². The van der Waals surface area contributed by atoms with Crippen LogP contribution in [0.1, 0.15) is 54.7 Å². The third kappa shape index (κ3) is 3.12. The van der Waals surface area contributed by atoms with Crippen molar-refractivity contribution in [2.75, 3.05) is 26.7 Å². The number of piperazine rings is 1. The van der Waals surface area contributed by atoms with Gasteiger partial charge in [-0.1, -0.05) is 25.1 Å². The van der Waals surface area contributed by atoms with E-state index in [4.69, 9.17) is 9.15 Å². The minimum absolute atomic E-state index is 0.0122. The molecular weight excluding hydrogens is 352 g/mol. The van der Waals surface area contributed by atoms with E-state index >= 15 is 0 Å². The molecule has 0 spiro atoms. The van der Waals surface area contributed by atoms with Crippen molar-refractivity contribution in [3.63, 3.8) is 0 Å². The van der Waals surface area contributed by atoms with Crippen LogP contribution < -0.4 is 10.1 Å². The minimum Gasteiger partial charge on any atom is -0.496 e. The average Bonchev–Trinajstić information content (AvgIpc) is 3.64. The van der Waals surface area contributed by atoms with Crippen LogP contribution in [0.2, 0.25) is 0 Å². The summed E-state index contributed by atoms with van der Waals surface area (Å²) in [5, 5.41) is 3.43. The SMILES string of the molecule is COc1ccccc1C1CNCCN1C(=O)C1CC1c1ccc(C2CC2C)o1. The van der Waals surface area contributed by atoms with Gasteiger partial charge in [-0.25, -0.2) is 0 Å². The fourth-order valence-corrected chi connectivity index (χ4v) is 4.67. The molecule has 1 aromatic heterocycles. The van der Waals surface area contributed by atoms with Crippen LogP contribution in [0.3, 0.4) is 0 Å². The van der Waals surface area contributed by atoms with Crippen molar-refractivity contribution in [3.05, 3.63) is 53.5 Å². The summed E-state index contributed by atoms with van der Waals surface area (Å²) in [6.07, 6.45) is 2.12. The molecule has 1 amide bonds. The maximum atomic E-state index is 13.3. The predicted molar refractivity (Wildman–Crippen MR) is 106 cm³/mol. The van der Waals surface area contributed by atoms with Gasteiger partial charge in [0.15, 0.2) is 0 Å². The molecule has 5 rings (SSSR count). The fourth-order valence-electron chi connectivity index (χ4n) is 4.67. The summed E-state index contributed by atoms with van der Waals surface area (Å²) in [4.78, 5) is 15.4. The molecule has 5 nitrogen and oxygen atoms in total. The van der Waals surface area contributed by atoms with Gasteiger partial charge in [-0.3, -0.25) is 4.79 Å². The standard InChI is InChI=1S/C23H28N2O3/c1-14-11-16(14)21-7-8-22(28-21)17-12-18(17)23(26)25-10-9-24-13-19(25)15-5-3-4-6-20(15)27-2/h3-8,14,16-19,24H,9-13H2,1-2H3. The number of rotatable bonds is 5. The van der Waals surface area contributed by atoms with Crippen molar-refractivity contribution in [3.8, 4) is 5.75 Å². The Morgan fingerprint density at radius 1 is 1.14 bits per heavy atom. The molecule has 28 heavy (non-hydrogen) atoms. The first-order valence-electron chi connectivity index (χ1n) is 10.4. The maximum Gasteiger partial charge on any atom is 0.227 e. The van der Waals surface area contributed by atoms with E-state index in [0.29, 0.717) is 5.92 Å². The van der Waals surface area contributed by atoms with Crippen LogP contribution in [-0.4, -0.2) is 37.6 Å². The van der Waals surface area contributed by atoms with E-state index in [-0.39, 0.29) is 23.8 Å². The van der Waals surface area contributed by atoms with Crippen LogP contribution >= 0.6 is 0 Å². The Balaban J connectivity index is 1.32. The molecule has 148 valence electrons. The van der Waals surface area contributed by atoms with Gasteiger partial charge in [0, 0.05) is 43.0 Å². The molecule has 3 aliphatic rings. The zero-order chi connectivity index (χ0) is 19.3. The van der Waals surface area contributed by atoms with Crippen LogP contribution in [0.15, 0.2) is 40.8 Å². The topological polar surface area (TPSA) is 54.7 Å². The van der Waals surface area contributed by atoms with Gasteiger partial charge in [0.25, 0.3) is 0 Å². The molecule has 1 aromatic carbocycles. The Morgan fingerprint density at radius 2 is 1.89 bits per heavy atom. The maximum absolute atomic E-state index is 13.3. The quantitative estimate of drug-likeness (QED) is 0.860. The van der Waals surface area contributed by atoms with E-state index in [0.717, 1.165) is 54.8 Å². The zero-order valence-corrected chi connectivity index (χ0v) is 16.6. The first-order valence-corrected chi connectivity index (χ1v) is 10.4. The van der Waals surface area contributed by atoms with E-state index in [1.165, 1.54) is 6.42 Å². The van der Waals surface area contributed by atoms with Crippen molar-refractivity contribution in [1.29, 1.82) is 0 Å². The largest absolute Gasteiger partial charge is 0.496 e. The molecule has 1 N–H and O–H groups in total. The minimum atomic E-state index is 0.0122. The van der Waals surface area contributed by atoms with E-state index in [9.17, 15) is 4.79 Å². The first kappa shape index (κ1) is 17.8. The van der Waals surface area contributed by atoms with E-state index in [2.05, 4.69) is 30.4 Å². The Bertz CT molecular complexity index is 876. The van der Waals surface area contributed by atoms with Crippen molar-refractivity contribution >= 4 is 5.91 Å². The van der Waals surface area contributed by atoms with Crippen molar-refractivity contribution < 1.29 is 13.9 Å². The molecule has 2 saturated carbocycles. The second-order valence-corrected chi connectivity index (χ2v) is 8.50. The molecule has 5 atom stereocenters. The molecule has 1 saturated heterocycles. The predicted octanol–water partition coefficient (Wildman–Crippen LogP) is 3.69. The molecule has 0 radical (unpaired) electrons. The number of nitrogens with one attached hydrogen (secondary N) is 1. The number of amides is 1. The highest BCUT2D eigenvalue weighted by molar-refractivity contribution is 5.83. The lowest BCUT2D eigenvalue weighted by atomic mass is 10.0. The Hall–Kier alpha value is -2.27. The molecule has 3 fully saturated rings. The van der Waals surface area contributed by atoms with E-state index < -0.39 is 0 Å². The van der Waals surface area contributed by atoms with Crippen molar-refractivity contribution in [2.45, 2.75) is 37.6 Å². The monoisotopic (exact) mass is 380 g/mol. The lowest BCUT2D eigenvalue weighted by Gasteiger charge is -2.37. The molecule has 5 heteroatoms. The molecule has 2 heterocycles. The summed E-state index contributed by atoms with van der Waals surface area (Å²) in [7, 11) is 1.69. The zero-order valence-electron chi connectivity index (χ0n) is 16.6. The van der Waals surface area contributed by atoms with E-state index in [1.807, 2.05) is 23.1 Å². The highest BCUT2D eigenvalue weighted by Gasteiger charge is 2.49. The highest BCUT2D eigenvalue weighted by Crippen LogP contribution is 2.53. The molecule has 2 aromatic rings. The number of carbonyl (C=O) groups is 1. The number of benzene rings is 1. The number of furan rings is 1. The van der Waals surface area contributed by atoms with Gasteiger partial charge in [0.05, 0.1) is 13.2 Å². The Kier molecular flexibility index (Phi) is 4.43. The fraction of sp³-hybridized carbons (Fsp3) is 0.522. The van der Waals surface area contributed by atoms with Crippen LogP contribution in [0.4, 0.5) is 0 Å². The third-order valence-electron chi connectivity index (χ3n) is 6.62.